The molecular weight excluding hydrogens is 295 g/mol. The monoisotopic (exact) mass is 313 g/mol. The van der Waals surface area contributed by atoms with Crippen molar-refractivity contribution in [1.29, 1.82) is 0 Å². The van der Waals surface area contributed by atoms with Crippen molar-refractivity contribution < 1.29 is 28.9 Å². The van der Waals surface area contributed by atoms with Crippen LogP contribution in [-0.4, -0.2) is 34.9 Å². The Morgan fingerprint density at radius 2 is 1.86 bits per heavy atom. The number of hydrogen-bond donors (Lipinski definition) is 2. The van der Waals surface area contributed by atoms with Crippen LogP contribution in [0.15, 0.2) is 30.3 Å². The molecule has 7 heteroatoms. The van der Waals surface area contributed by atoms with Gasteiger partial charge >= 0.3 is 20.0 Å². The lowest BCUT2D eigenvalue weighted by atomic mass is 9.95. The molecule has 0 radical (unpaired) electrons. The smallest absolute Gasteiger partial charge is 0.481 e. The van der Waals surface area contributed by atoms with Gasteiger partial charge in [-0.25, -0.2) is 4.79 Å². The maximum Gasteiger partial charge on any atom is 0.520 e. The first kappa shape index (κ1) is 17.3. The highest BCUT2D eigenvalue weighted by Gasteiger charge is 2.23. The number of aliphatic carboxylic acids is 2. The van der Waals surface area contributed by atoms with Gasteiger partial charge in [-0.2, -0.15) is 0 Å². The Kier molecular flexibility index (Phi) is 7.58. The zero-order chi connectivity index (χ0) is 15.7. The predicted octanol–water partition coefficient (Wildman–Crippen LogP) is 2.55. The Labute approximate surface area is 123 Å². The van der Waals surface area contributed by atoms with E-state index in [9.17, 15) is 19.3 Å². The maximum atomic E-state index is 11.2. The van der Waals surface area contributed by atoms with Crippen LogP contribution in [0.5, 0.6) is 0 Å². The van der Waals surface area contributed by atoms with Crippen molar-refractivity contribution in [3.63, 3.8) is 0 Å². The van der Waals surface area contributed by atoms with E-state index in [0.717, 1.165) is 5.56 Å². The van der Waals surface area contributed by atoms with Gasteiger partial charge in [0.2, 0.25) is 0 Å². The molecule has 2 atom stereocenters. The Bertz CT molecular complexity index is 487. The van der Waals surface area contributed by atoms with Gasteiger partial charge in [-0.1, -0.05) is 30.3 Å². The number of carboxylic acids is 2. The van der Waals surface area contributed by atoms with Crippen molar-refractivity contribution in [3.05, 3.63) is 35.9 Å². The van der Waals surface area contributed by atoms with E-state index in [-0.39, 0.29) is 6.61 Å². The summed E-state index contributed by atoms with van der Waals surface area (Å²) in [5.41, 5.74) is 0.947. The minimum absolute atomic E-state index is 0.0983. The summed E-state index contributed by atoms with van der Waals surface area (Å²) in [5.74, 6) is -2.59. The van der Waals surface area contributed by atoms with Crippen molar-refractivity contribution in [2.75, 3.05) is 12.8 Å². The molecule has 2 N–H and O–H groups in total. The lowest BCUT2D eigenvalue weighted by Crippen LogP contribution is -2.17. The summed E-state index contributed by atoms with van der Waals surface area (Å²) in [5, 5.41) is 17.6. The molecule has 0 spiro atoms. The molecule has 0 saturated carbocycles. The van der Waals surface area contributed by atoms with Crippen molar-refractivity contribution in [2.24, 2.45) is 5.92 Å². The zero-order valence-electron chi connectivity index (χ0n) is 11.5. The van der Waals surface area contributed by atoms with Gasteiger partial charge in [0.25, 0.3) is 6.16 Å². The largest absolute Gasteiger partial charge is 0.520 e. The molecular formula is C14H18O6P+. The molecule has 114 valence electrons. The van der Waals surface area contributed by atoms with Crippen molar-refractivity contribution in [2.45, 2.75) is 19.3 Å². The molecule has 0 heterocycles. The van der Waals surface area contributed by atoms with E-state index >= 15 is 0 Å². The van der Waals surface area contributed by atoms with Crippen LogP contribution in [0.2, 0.25) is 0 Å². The molecule has 0 amide bonds. The third kappa shape index (κ3) is 7.54. The molecule has 0 aromatic heterocycles. The summed E-state index contributed by atoms with van der Waals surface area (Å²) < 4.78 is 16.0. The molecule has 0 fully saturated rings. The highest BCUT2D eigenvalue weighted by atomic mass is 31.1. The van der Waals surface area contributed by atoms with E-state index in [1.54, 1.807) is 0 Å². The minimum atomic E-state index is -2.21. The molecule has 0 saturated heterocycles. The van der Waals surface area contributed by atoms with Crippen LogP contribution in [0.25, 0.3) is 0 Å². The SMILES string of the molecule is O=C(O)C[P+](=O)OCCCC(Cc1ccccc1)C(=O)O. The second-order valence-corrected chi connectivity index (χ2v) is 5.82. The first-order chi connectivity index (χ1) is 9.99. The summed E-state index contributed by atoms with van der Waals surface area (Å²) in [4.78, 5) is 21.5. The summed E-state index contributed by atoms with van der Waals surface area (Å²) in [6.07, 6.45) is 0.712. The number of benzene rings is 1. The van der Waals surface area contributed by atoms with Gasteiger partial charge in [0.1, 0.15) is 6.61 Å². The topological polar surface area (TPSA) is 101 Å². The van der Waals surface area contributed by atoms with E-state index in [2.05, 4.69) is 0 Å². The van der Waals surface area contributed by atoms with Crippen LogP contribution in [0.1, 0.15) is 18.4 Å². The highest BCUT2D eigenvalue weighted by molar-refractivity contribution is 7.40. The van der Waals surface area contributed by atoms with Crippen LogP contribution in [0.3, 0.4) is 0 Å². The van der Waals surface area contributed by atoms with E-state index in [0.29, 0.717) is 19.3 Å². The molecule has 0 aliphatic rings. The summed E-state index contributed by atoms with van der Waals surface area (Å²) in [7, 11) is -2.21. The van der Waals surface area contributed by atoms with Gasteiger partial charge in [-0.3, -0.25) is 4.79 Å². The van der Waals surface area contributed by atoms with Gasteiger partial charge in [-0.15, -0.1) is 4.52 Å². The fourth-order valence-electron chi connectivity index (χ4n) is 1.86. The third-order valence-corrected chi connectivity index (χ3v) is 3.87. The quantitative estimate of drug-likeness (QED) is 0.508. The average Bonchev–Trinajstić information content (AvgIpc) is 2.42. The molecule has 0 aliphatic carbocycles. The first-order valence-electron chi connectivity index (χ1n) is 6.55. The van der Waals surface area contributed by atoms with Crippen molar-refractivity contribution in [1.82, 2.24) is 0 Å². The molecule has 1 aromatic rings. The van der Waals surface area contributed by atoms with Crippen LogP contribution < -0.4 is 0 Å². The van der Waals surface area contributed by atoms with E-state index in [1.807, 2.05) is 30.3 Å². The minimum Gasteiger partial charge on any atom is -0.481 e. The zero-order valence-corrected chi connectivity index (χ0v) is 12.4. The molecule has 0 bridgehead atoms. The van der Waals surface area contributed by atoms with Gasteiger partial charge in [0, 0.05) is 0 Å². The van der Waals surface area contributed by atoms with Crippen molar-refractivity contribution in [3.8, 4) is 0 Å². The van der Waals surface area contributed by atoms with E-state index in [4.69, 9.17) is 9.63 Å². The fraction of sp³-hybridized carbons (Fsp3) is 0.429. The third-order valence-electron chi connectivity index (χ3n) is 2.87. The van der Waals surface area contributed by atoms with Crippen LogP contribution in [0, 0.1) is 5.92 Å². The van der Waals surface area contributed by atoms with Gasteiger partial charge < -0.3 is 10.2 Å². The second-order valence-electron chi connectivity index (χ2n) is 4.58. The number of carbonyl (C=O) groups is 2. The molecule has 1 aromatic carbocycles. The van der Waals surface area contributed by atoms with Crippen LogP contribution in [0.4, 0.5) is 0 Å². The van der Waals surface area contributed by atoms with Gasteiger partial charge in [-0.05, 0) is 29.4 Å². The fourth-order valence-corrected chi connectivity index (χ4v) is 2.51. The predicted molar refractivity (Wildman–Crippen MR) is 76.6 cm³/mol. The standard InChI is InChI=1S/C14H17O6P/c15-13(16)10-21(19)20-8-4-7-12(14(17)18)9-11-5-2-1-3-6-11/h1-3,5-6,12H,4,7-10H2,(H-,15,16,17,18)/p+1. The average molecular weight is 313 g/mol. The Balaban J connectivity index is 2.34. The summed E-state index contributed by atoms with van der Waals surface area (Å²) in [6.45, 7) is 0.0983. The second kappa shape index (κ2) is 9.21. The lowest BCUT2D eigenvalue weighted by molar-refractivity contribution is -0.142. The van der Waals surface area contributed by atoms with E-state index in [1.165, 1.54) is 0 Å². The lowest BCUT2D eigenvalue weighted by Gasteiger charge is -2.11. The normalized spacial score (nSPS) is 12.7. The Hall–Kier alpha value is -1.78. The van der Waals surface area contributed by atoms with Crippen molar-refractivity contribution >= 4 is 20.0 Å². The molecule has 0 aliphatic heterocycles. The number of rotatable bonds is 10. The maximum absolute atomic E-state index is 11.2. The van der Waals surface area contributed by atoms with Gasteiger partial charge in [0.05, 0.1) is 5.92 Å². The van der Waals surface area contributed by atoms with Crippen LogP contribution >= 0.6 is 8.03 Å². The molecule has 1 rings (SSSR count). The molecule has 2 unspecified atom stereocenters. The Morgan fingerprint density at radius 3 is 2.43 bits per heavy atom. The van der Waals surface area contributed by atoms with Gasteiger partial charge in [0.15, 0.2) is 0 Å². The highest BCUT2D eigenvalue weighted by Crippen LogP contribution is 2.23. The summed E-state index contributed by atoms with van der Waals surface area (Å²) in [6, 6.07) is 9.32. The first-order valence-corrected chi connectivity index (χ1v) is 7.91. The summed E-state index contributed by atoms with van der Waals surface area (Å²) >= 11 is 0. The Morgan fingerprint density at radius 1 is 1.19 bits per heavy atom. The van der Waals surface area contributed by atoms with Crippen LogP contribution in [-0.2, 0) is 25.1 Å². The number of carboxylic acid groups (broad SMARTS) is 2. The molecule has 21 heavy (non-hydrogen) atoms. The number of hydrogen-bond acceptors (Lipinski definition) is 4. The molecule has 6 nitrogen and oxygen atoms in total. The van der Waals surface area contributed by atoms with E-state index < -0.39 is 32.0 Å².